The first-order valence-electron chi connectivity index (χ1n) is 11.1. The minimum Gasteiger partial charge on any atom is -0.342 e. The van der Waals surface area contributed by atoms with Crippen LogP contribution in [0.15, 0.2) is 30.3 Å². The molecule has 152 valence electrons. The predicted molar refractivity (Wildman–Crippen MR) is 114 cm³/mol. The van der Waals surface area contributed by atoms with Gasteiger partial charge in [0.25, 0.3) is 0 Å². The Morgan fingerprint density at radius 3 is 2.61 bits per heavy atom. The molecular weight excluding hydrogens is 368 g/mol. The van der Waals surface area contributed by atoms with Gasteiger partial charge in [-0.3, -0.25) is 4.79 Å². The third-order valence-corrected chi connectivity index (χ3v) is 9.06. The molecule has 4 bridgehead atoms. The van der Waals surface area contributed by atoms with Gasteiger partial charge in [0.15, 0.2) is 0 Å². The molecule has 1 saturated heterocycles. The summed E-state index contributed by atoms with van der Waals surface area (Å²) in [6.45, 7) is 2.05. The van der Waals surface area contributed by atoms with E-state index in [0.29, 0.717) is 23.7 Å². The third-order valence-electron chi connectivity index (χ3n) is 8.87. The summed E-state index contributed by atoms with van der Waals surface area (Å²) < 4.78 is 0. The lowest BCUT2D eigenvalue weighted by molar-refractivity contribution is -0.149. The second kappa shape index (κ2) is 6.74. The zero-order valence-electron chi connectivity index (χ0n) is 17.1. The van der Waals surface area contributed by atoms with Gasteiger partial charge in [0.1, 0.15) is 0 Å². The molecule has 4 saturated carbocycles. The molecule has 5 fully saturated rings. The maximum absolute atomic E-state index is 14.1. The van der Waals surface area contributed by atoms with E-state index >= 15 is 0 Å². The van der Waals surface area contributed by atoms with Gasteiger partial charge in [0.2, 0.25) is 5.91 Å². The monoisotopic (exact) mass is 400 g/mol. The second-order valence-electron chi connectivity index (χ2n) is 10.2. The number of alkyl halides is 1. The Kier molecular flexibility index (Phi) is 4.56. The van der Waals surface area contributed by atoms with Crippen molar-refractivity contribution in [3.8, 4) is 0 Å². The van der Waals surface area contributed by atoms with Crippen molar-refractivity contribution in [1.82, 2.24) is 10.2 Å². The molecule has 4 atom stereocenters. The van der Waals surface area contributed by atoms with Crippen LogP contribution in [0, 0.1) is 16.7 Å². The Morgan fingerprint density at radius 2 is 1.89 bits per heavy atom. The van der Waals surface area contributed by atoms with E-state index in [1.165, 1.54) is 18.4 Å². The molecule has 0 spiro atoms. The number of hydrogen-bond donors (Lipinski definition) is 1. The predicted octanol–water partition coefficient (Wildman–Crippen LogP) is 4.34. The van der Waals surface area contributed by atoms with Crippen LogP contribution in [0.25, 0.3) is 0 Å². The van der Waals surface area contributed by atoms with Crippen LogP contribution in [0.4, 0.5) is 0 Å². The number of carbonyl (C=O) groups excluding carboxylic acids is 1. The molecule has 1 aromatic rings. The van der Waals surface area contributed by atoms with Crippen LogP contribution in [0.5, 0.6) is 0 Å². The smallest absolute Gasteiger partial charge is 0.229 e. The van der Waals surface area contributed by atoms with Crippen molar-refractivity contribution in [2.75, 3.05) is 26.0 Å². The van der Waals surface area contributed by atoms with E-state index in [0.717, 1.165) is 51.6 Å². The van der Waals surface area contributed by atoms with Crippen molar-refractivity contribution in [2.24, 2.45) is 16.7 Å². The van der Waals surface area contributed by atoms with E-state index in [4.69, 9.17) is 11.6 Å². The standard InChI is InChI=1S/C24H33ClN2O/c1-27(20-7-11-26-12-8-20)21(28)24-15-18-13-22(17-24,19-5-3-2-4-6-19)16-23(24,14-18)9-10-25/h2-6,18,20,26H,7-17H2,1H3/t18?,22-,23-,24?/m1/s1. The number of nitrogens with one attached hydrogen (secondary N) is 1. The number of halogens is 1. The fraction of sp³-hybridized carbons (Fsp3) is 0.708. The molecule has 1 heterocycles. The molecule has 28 heavy (non-hydrogen) atoms. The molecule has 1 aliphatic heterocycles. The molecule has 2 unspecified atom stereocenters. The molecule has 1 amide bonds. The average molecular weight is 401 g/mol. The normalized spacial score (nSPS) is 39.4. The molecule has 0 aromatic heterocycles. The number of carbonyl (C=O) groups is 1. The van der Waals surface area contributed by atoms with Crippen molar-refractivity contribution in [3.63, 3.8) is 0 Å². The maximum Gasteiger partial charge on any atom is 0.229 e. The lowest BCUT2D eigenvalue weighted by atomic mass is 9.63. The summed E-state index contributed by atoms with van der Waals surface area (Å²) in [5.41, 5.74) is 1.54. The Morgan fingerprint density at radius 1 is 1.14 bits per heavy atom. The molecule has 0 radical (unpaired) electrons. The number of rotatable bonds is 5. The van der Waals surface area contributed by atoms with Gasteiger partial charge in [-0.15, -0.1) is 11.6 Å². The lowest BCUT2D eigenvalue weighted by Crippen LogP contribution is -2.53. The van der Waals surface area contributed by atoms with Gasteiger partial charge in [0.05, 0.1) is 5.41 Å². The molecule has 1 N–H and O–H groups in total. The zero-order chi connectivity index (χ0) is 19.4. The van der Waals surface area contributed by atoms with Crippen LogP contribution >= 0.6 is 11.6 Å². The van der Waals surface area contributed by atoms with E-state index in [1.807, 2.05) is 0 Å². The summed E-state index contributed by atoms with van der Waals surface area (Å²) in [5, 5.41) is 3.44. The average Bonchev–Trinajstić information content (AvgIpc) is 3.07. The molecule has 4 heteroatoms. The highest BCUT2D eigenvalue weighted by molar-refractivity contribution is 6.17. The van der Waals surface area contributed by atoms with E-state index in [2.05, 4.69) is 47.6 Å². The van der Waals surface area contributed by atoms with Crippen LogP contribution in [0.1, 0.15) is 56.9 Å². The molecule has 6 rings (SSSR count). The van der Waals surface area contributed by atoms with E-state index < -0.39 is 0 Å². The number of hydrogen-bond acceptors (Lipinski definition) is 2. The van der Waals surface area contributed by atoms with Crippen LogP contribution in [0.3, 0.4) is 0 Å². The Hall–Kier alpha value is -1.06. The Balaban J connectivity index is 1.53. The Labute approximate surface area is 174 Å². The highest BCUT2D eigenvalue weighted by Gasteiger charge is 2.74. The first-order valence-corrected chi connectivity index (χ1v) is 11.7. The van der Waals surface area contributed by atoms with E-state index in [1.54, 1.807) is 0 Å². The van der Waals surface area contributed by atoms with Gasteiger partial charge in [-0.05, 0) is 86.8 Å². The van der Waals surface area contributed by atoms with Crippen LogP contribution in [-0.2, 0) is 10.2 Å². The second-order valence-corrected chi connectivity index (χ2v) is 10.6. The first-order chi connectivity index (χ1) is 13.5. The van der Waals surface area contributed by atoms with Crippen molar-refractivity contribution in [2.45, 2.75) is 62.8 Å². The van der Waals surface area contributed by atoms with E-state index in [-0.39, 0.29) is 16.2 Å². The summed E-state index contributed by atoms with van der Waals surface area (Å²) in [6, 6.07) is 11.4. The molecule has 3 nitrogen and oxygen atoms in total. The molecular formula is C24H33ClN2O. The van der Waals surface area contributed by atoms with Crippen LogP contribution in [0.2, 0.25) is 0 Å². The maximum atomic E-state index is 14.1. The number of nitrogens with zero attached hydrogens (tertiary/aromatic N) is 1. The summed E-state index contributed by atoms with van der Waals surface area (Å²) in [7, 11) is 2.08. The van der Waals surface area contributed by atoms with Gasteiger partial charge >= 0.3 is 0 Å². The molecule has 1 aromatic carbocycles. The van der Waals surface area contributed by atoms with Gasteiger partial charge < -0.3 is 10.2 Å². The van der Waals surface area contributed by atoms with Gasteiger partial charge in [-0.2, -0.15) is 0 Å². The van der Waals surface area contributed by atoms with Crippen LogP contribution < -0.4 is 5.32 Å². The highest BCUT2D eigenvalue weighted by Crippen LogP contribution is 2.78. The Bertz CT molecular complexity index is 748. The zero-order valence-corrected chi connectivity index (χ0v) is 17.8. The quantitative estimate of drug-likeness (QED) is 0.745. The minimum atomic E-state index is -0.194. The summed E-state index contributed by atoms with van der Waals surface area (Å²) in [5.74, 6) is 1.78. The van der Waals surface area contributed by atoms with Crippen molar-refractivity contribution in [3.05, 3.63) is 35.9 Å². The third kappa shape index (κ3) is 2.55. The fourth-order valence-corrected chi connectivity index (χ4v) is 8.33. The molecule has 4 aliphatic carbocycles. The lowest BCUT2D eigenvalue weighted by Gasteiger charge is -2.44. The van der Waals surface area contributed by atoms with Gasteiger partial charge in [-0.25, -0.2) is 0 Å². The summed E-state index contributed by atoms with van der Waals surface area (Å²) in [6.07, 6.45) is 8.89. The van der Waals surface area contributed by atoms with Crippen LogP contribution in [-0.4, -0.2) is 42.9 Å². The number of piperidine rings is 1. The molecule has 5 aliphatic rings. The van der Waals surface area contributed by atoms with Crippen molar-refractivity contribution in [1.29, 1.82) is 0 Å². The SMILES string of the molecule is CN(C(=O)C12CC3C[C@](c4ccccc4)(C1)C[C@@]2(CCCl)C3)C1CCNCC1. The summed E-state index contributed by atoms with van der Waals surface area (Å²) >= 11 is 6.36. The van der Waals surface area contributed by atoms with Gasteiger partial charge in [-0.1, -0.05) is 30.3 Å². The number of amides is 1. The summed E-state index contributed by atoms with van der Waals surface area (Å²) in [4.78, 5) is 16.3. The van der Waals surface area contributed by atoms with E-state index in [9.17, 15) is 4.79 Å². The number of benzene rings is 1. The van der Waals surface area contributed by atoms with Crippen molar-refractivity contribution < 1.29 is 4.79 Å². The first kappa shape index (κ1) is 18.9. The largest absolute Gasteiger partial charge is 0.342 e. The topological polar surface area (TPSA) is 32.3 Å². The van der Waals surface area contributed by atoms with Crippen molar-refractivity contribution >= 4 is 17.5 Å². The fourth-order valence-electron chi connectivity index (χ4n) is 7.97. The highest BCUT2D eigenvalue weighted by atomic mass is 35.5. The minimum absolute atomic E-state index is 0.103. The van der Waals surface area contributed by atoms with Gasteiger partial charge in [0, 0.05) is 19.0 Å².